The summed E-state index contributed by atoms with van der Waals surface area (Å²) in [7, 11) is 0. The van der Waals surface area contributed by atoms with Crippen LogP contribution in [0.1, 0.15) is 25.5 Å². The third kappa shape index (κ3) is 3.82. The number of carbonyl (C=O) groups excluding carboxylic acids is 2. The van der Waals surface area contributed by atoms with Crippen LogP contribution in [0.3, 0.4) is 0 Å². The van der Waals surface area contributed by atoms with Gasteiger partial charge in [0.15, 0.2) is 0 Å². The minimum atomic E-state index is -0.389. The standard InChI is InChI=1S/C16H22N2O3/c1-3-21-16(20)15(14-7-5-4-6-8-14)18-11-9-17(10-12-18)13(2)19/h4-8,15H,3,9-12H2,1-2H3/t15-/m1/s1. The van der Waals surface area contributed by atoms with Gasteiger partial charge in [-0.1, -0.05) is 30.3 Å². The zero-order valence-corrected chi connectivity index (χ0v) is 12.6. The van der Waals surface area contributed by atoms with Crippen LogP contribution in [0.4, 0.5) is 0 Å². The molecule has 21 heavy (non-hydrogen) atoms. The molecule has 5 heteroatoms. The van der Waals surface area contributed by atoms with Gasteiger partial charge in [-0.05, 0) is 12.5 Å². The lowest BCUT2D eigenvalue weighted by Gasteiger charge is -2.38. The van der Waals surface area contributed by atoms with Crippen LogP contribution in [0.5, 0.6) is 0 Å². The van der Waals surface area contributed by atoms with E-state index in [0.29, 0.717) is 32.8 Å². The molecule has 114 valence electrons. The van der Waals surface area contributed by atoms with Crippen molar-refractivity contribution >= 4 is 11.9 Å². The van der Waals surface area contributed by atoms with Gasteiger partial charge in [0.1, 0.15) is 6.04 Å². The highest BCUT2D eigenvalue weighted by molar-refractivity contribution is 5.78. The van der Waals surface area contributed by atoms with E-state index in [0.717, 1.165) is 5.56 Å². The number of amides is 1. The molecule has 0 aromatic heterocycles. The molecular weight excluding hydrogens is 268 g/mol. The van der Waals surface area contributed by atoms with Gasteiger partial charge in [-0.3, -0.25) is 9.69 Å². The summed E-state index contributed by atoms with van der Waals surface area (Å²) in [6.45, 7) is 6.42. The second-order valence-electron chi connectivity index (χ2n) is 5.11. The van der Waals surface area contributed by atoms with Crippen LogP contribution in [-0.2, 0) is 14.3 Å². The van der Waals surface area contributed by atoms with Crippen LogP contribution >= 0.6 is 0 Å². The summed E-state index contributed by atoms with van der Waals surface area (Å²) in [5.74, 6) is -0.137. The predicted octanol–water partition coefficient (Wildman–Crippen LogP) is 1.45. The molecule has 1 fully saturated rings. The fourth-order valence-corrected chi connectivity index (χ4v) is 2.65. The Morgan fingerprint density at radius 3 is 2.29 bits per heavy atom. The van der Waals surface area contributed by atoms with Crippen molar-refractivity contribution in [2.45, 2.75) is 19.9 Å². The molecule has 1 atom stereocenters. The maximum atomic E-state index is 12.3. The molecule has 0 spiro atoms. The molecule has 2 rings (SSSR count). The summed E-state index contributed by atoms with van der Waals surface area (Å²) >= 11 is 0. The third-order valence-corrected chi connectivity index (χ3v) is 3.75. The number of carbonyl (C=O) groups is 2. The SMILES string of the molecule is CCOC(=O)[C@@H](c1ccccc1)N1CCN(C(C)=O)CC1. The average Bonchev–Trinajstić information content (AvgIpc) is 2.49. The van der Waals surface area contributed by atoms with E-state index < -0.39 is 0 Å². The number of hydrogen-bond acceptors (Lipinski definition) is 4. The Morgan fingerprint density at radius 2 is 1.76 bits per heavy atom. The maximum Gasteiger partial charge on any atom is 0.328 e. The molecule has 1 aliphatic heterocycles. The Morgan fingerprint density at radius 1 is 1.14 bits per heavy atom. The first kappa shape index (κ1) is 15.5. The maximum absolute atomic E-state index is 12.3. The van der Waals surface area contributed by atoms with Gasteiger partial charge < -0.3 is 9.64 Å². The summed E-state index contributed by atoms with van der Waals surface area (Å²) in [5.41, 5.74) is 0.937. The topological polar surface area (TPSA) is 49.9 Å². The number of piperazine rings is 1. The van der Waals surface area contributed by atoms with Gasteiger partial charge in [-0.2, -0.15) is 0 Å². The molecule has 0 unspecified atom stereocenters. The summed E-state index contributed by atoms with van der Waals surface area (Å²) in [5, 5.41) is 0. The van der Waals surface area contributed by atoms with Crippen molar-refractivity contribution in [1.29, 1.82) is 0 Å². The molecule has 0 aliphatic carbocycles. The number of rotatable bonds is 4. The fourth-order valence-electron chi connectivity index (χ4n) is 2.65. The molecule has 0 N–H and O–H groups in total. The van der Waals surface area contributed by atoms with Crippen LogP contribution in [0, 0.1) is 0 Å². The zero-order chi connectivity index (χ0) is 15.2. The van der Waals surface area contributed by atoms with Crippen molar-refractivity contribution in [3.05, 3.63) is 35.9 Å². The molecule has 0 radical (unpaired) electrons. The normalized spacial score (nSPS) is 17.3. The summed E-state index contributed by atoms with van der Waals surface area (Å²) in [4.78, 5) is 27.6. The highest BCUT2D eigenvalue weighted by atomic mass is 16.5. The Bertz CT molecular complexity index is 482. The number of hydrogen-bond donors (Lipinski definition) is 0. The minimum Gasteiger partial charge on any atom is -0.465 e. The largest absolute Gasteiger partial charge is 0.465 e. The van der Waals surface area contributed by atoms with E-state index in [-0.39, 0.29) is 17.9 Å². The highest BCUT2D eigenvalue weighted by Crippen LogP contribution is 2.23. The molecule has 1 aromatic carbocycles. The lowest BCUT2D eigenvalue weighted by atomic mass is 10.0. The van der Waals surface area contributed by atoms with Crippen LogP contribution in [0.25, 0.3) is 0 Å². The van der Waals surface area contributed by atoms with Crippen molar-refractivity contribution in [2.75, 3.05) is 32.8 Å². The molecule has 1 heterocycles. The lowest BCUT2D eigenvalue weighted by Crippen LogP contribution is -2.50. The molecule has 0 bridgehead atoms. The van der Waals surface area contributed by atoms with Gasteiger partial charge in [0, 0.05) is 33.1 Å². The first-order valence-corrected chi connectivity index (χ1v) is 7.34. The molecule has 1 saturated heterocycles. The number of esters is 1. The Hall–Kier alpha value is -1.88. The molecule has 1 aromatic rings. The second kappa shape index (κ2) is 7.22. The molecule has 5 nitrogen and oxygen atoms in total. The van der Waals surface area contributed by atoms with E-state index in [2.05, 4.69) is 4.90 Å². The molecule has 1 amide bonds. The van der Waals surface area contributed by atoms with Crippen molar-refractivity contribution in [3.8, 4) is 0 Å². The summed E-state index contributed by atoms with van der Waals surface area (Å²) < 4.78 is 5.22. The minimum absolute atomic E-state index is 0.0852. The summed E-state index contributed by atoms with van der Waals surface area (Å²) in [6, 6.07) is 9.28. The van der Waals surface area contributed by atoms with Crippen LogP contribution < -0.4 is 0 Å². The van der Waals surface area contributed by atoms with Gasteiger partial charge in [0.05, 0.1) is 6.61 Å². The third-order valence-electron chi connectivity index (χ3n) is 3.75. The van der Waals surface area contributed by atoms with Gasteiger partial charge in [0.25, 0.3) is 0 Å². The molecule has 1 aliphatic rings. The van der Waals surface area contributed by atoms with Crippen LogP contribution in [0.15, 0.2) is 30.3 Å². The Labute approximate surface area is 125 Å². The smallest absolute Gasteiger partial charge is 0.328 e. The first-order valence-electron chi connectivity index (χ1n) is 7.34. The van der Waals surface area contributed by atoms with Gasteiger partial charge in [0.2, 0.25) is 5.91 Å². The quantitative estimate of drug-likeness (QED) is 0.788. The summed E-state index contributed by atoms with van der Waals surface area (Å²) in [6.07, 6.45) is 0. The first-order chi connectivity index (χ1) is 10.1. The van der Waals surface area contributed by atoms with E-state index in [1.807, 2.05) is 42.2 Å². The van der Waals surface area contributed by atoms with E-state index >= 15 is 0 Å². The number of ether oxygens (including phenoxy) is 1. The van der Waals surface area contributed by atoms with E-state index in [9.17, 15) is 9.59 Å². The van der Waals surface area contributed by atoms with Crippen LogP contribution in [-0.4, -0.2) is 54.5 Å². The predicted molar refractivity (Wildman–Crippen MR) is 79.6 cm³/mol. The van der Waals surface area contributed by atoms with Gasteiger partial charge in [-0.25, -0.2) is 4.79 Å². The number of benzene rings is 1. The Kier molecular flexibility index (Phi) is 5.33. The van der Waals surface area contributed by atoms with Crippen molar-refractivity contribution in [2.24, 2.45) is 0 Å². The van der Waals surface area contributed by atoms with E-state index in [1.54, 1.807) is 6.92 Å². The second-order valence-corrected chi connectivity index (χ2v) is 5.11. The van der Waals surface area contributed by atoms with Crippen molar-refractivity contribution in [1.82, 2.24) is 9.80 Å². The van der Waals surface area contributed by atoms with E-state index in [1.165, 1.54) is 0 Å². The van der Waals surface area contributed by atoms with E-state index in [4.69, 9.17) is 4.74 Å². The zero-order valence-electron chi connectivity index (χ0n) is 12.6. The lowest BCUT2D eigenvalue weighted by molar-refractivity contribution is -0.151. The number of nitrogens with zero attached hydrogens (tertiary/aromatic N) is 2. The molecular formula is C16H22N2O3. The Balaban J connectivity index is 2.13. The van der Waals surface area contributed by atoms with Crippen molar-refractivity contribution < 1.29 is 14.3 Å². The van der Waals surface area contributed by atoms with Gasteiger partial charge in [-0.15, -0.1) is 0 Å². The van der Waals surface area contributed by atoms with Gasteiger partial charge >= 0.3 is 5.97 Å². The fraction of sp³-hybridized carbons (Fsp3) is 0.500. The average molecular weight is 290 g/mol. The monoisotopic (exact) mass is 290 g/mol. The molecule has 0 saturated carbocycles. The van der Waals surface area contributed by atoms with Crippen molar-refractivity contribution in [3.63, 3.8) is 0 Å². The highest BCUT2D eigenvalue weighted by Gasteiger charge is 2.31. The van der Waals surface area contributed by atoms with Crippen LogP contribution in [0.2, 0.25) is 0 Å².